The molecule has 288 valence electrons. The molecule has 0 aromatic rings. The summed E-state index contributed by atoms with van der Waals surface area (Å²) in [6, 6.07) is 0. The van der Waals surface area contributed by atoms with E-state index in [1.807, 2.05) is 18.7 Å². The van der Waals surface area contributed by atoms with Gasteiger partial charge in [0.1, 0.15) is 0 Å². The predicted octanol–water partition coefficient (Wildman–Crippen LogP) is 16.8. The first-order chi connectivity index (χ1) is 23.5. The van der Waals surface area contributed by atoms with Gasteiger partial charge in [0.15, 0.2) is 0 Å². The summed E-state index contributed by atoms with van der Waals surface area (Å²) in [6.07, 6.45) is 52.1. The lowest BCUT2D eigenvalue weighted by Gasteiger charge is -2.35. The van der Waals surface area contributed by atoms with Gasteiger partial charge in [-0.25, -0.2) is 0 Å². The number of hydrogen-bond acceptors (Lipinski definition) is 2. The van der Waals surface area contributed by atoms with Gasteiger partial charge in [-0.1, -0.05) is 245 Å². The van der Waals surface area contributed by atoms with Crippen LogP contribution in [0.15, 0.2) is 0 Å². The molecule has 0 rings (SSSR count). The maximum absolute atomic E-state index is 12.1. The fourth-order valence-corrected chi connectivity index (χ4v) is 9.30. The number of unbranched alkanes of at least 4 members (excludes halogenated alkanes) is 32. The normalized spacial score (nSPS) is 12.6. The van der Waals surface area contributed by atoms with Crippen LogP contribution in [0.25, 0.3) is 0 Å². The standard InChI is InChI=1S/C45H90O2S/c1-5-8-11-14-17-20-23-26-29-32-35-38-41-45(48-43(4)44(46)47,40-37-34-31-28-25-22-19-16-13-10-7-3)42-39-36-33-30-27-24-21-18-15-12-9-6-2/h43H,5-42H2,1-4H3,(H,46,47). The van der Waals surface area contributed by atoms with E-state index in [1.54, 1.807) is 0 Å². The third kappa shape index (κ3) is 33.0. The fourth-order valence-electron chi connectivity index (χ4n) is 7.66. The van der Waals surface area contributed by atoms with E-state index in [1.165, 1.54) is 244 Å². The van der Waals surface area contributed by atoms with Crippen molar-refractivity contribution in [3.8, 4) is 0 Å². The van der Waals surface area contributed by atoms with Crippen LogP contribution in [0.5, 0.6) is 0 Å². The fraction of sp³-hybridized carbons (Fsp3) is 0.978. The molecule has 0 fully saturated rings. The SMILES string of the molecule is CCCCCCCCCCCCCCC(CCCCCCCCCCCCC)(CCCCCCCCCCCCCC)SC(C)C(=O)O. The van der Waals surface area contributed by atoms with Gasteiger partial charge in [-0.15, -0.1) is 11.8 Å². The molecule has 0 saturated heterocycles. The lowest BCUT2D eigenvalue weighted by molar-refractivity contribution is -0.136. The van der Waals surface area contributed by atoms with Gasteiger partial charge in [0, 0.05) is 4.75 Å². The van der Waals surface area contributed by atoms with E-state index >= 15 is 0 Å². The van der Waals surface area contributed by atoms with E-state index in [0.717, 1.165) is 0 Å². The summed E-state index contributed by atoms with van der Waals surface area (Å²) in [7, 11) is 0. The molecule has 0 aromatic heterocycles. The minimum absolute atomic E-state index is 0.161. The van der Waals surface area contributed by atoms with Crippen LogP contribution in [0, 0.1) is 0 Å². The van der Waals surface area contributed by atoms with Crippen LogP contribution < -0.4 is 0 Å². The Morgan fingerprint density at radius 1 is 0.396 bits per heavy atom. The number of aliphatic carboxylic acids is 1. The van der Waals surface area contributed by atoms with Crippen molar-refractivity contribution in [2.75, 3.05) is 0 Å². The van der Waals surface area contributed by atoms with Gasteiger partial charge in [-0.2, -0.15) is 0 Å². The Bertz CT molecular complexity index is 606. The topological polar surface area (TPSA) is 37.3 Å². The predicted molar refractivity (Wildman–Crippen MR) is 220 cm³/mol. The smallest absolute Gasteiger partial charge is 0.316 e. The maximum Gasteiger partial charge on any atom is 0.316 e. The molecule has 48 heavy (non-hydrogen) atoms. The summed E-state index contributed by atoms with van der Waals surface area (Å²) in [5.74, 6) is -0.618. The molecule has 0 saturated carbocycles. The van der Waals surface area contributed by atoms with E-state index in [0.29, 0.717) is 0 Å². The van der Waals surface area contributed by atoms with Crippen LogP contribution in [0.1, 0.15) is 272 Å². The van der Waals surface area contributed by atoms with Crippen LogP contribution in [0.4, 0.5) is 0 Å². The highest BCUT2D eigenvalue weighted by Crippen LogP contribution is 2.43. The van der Waals surface area contributed by atoms with Crippen molar-refractivity contribution in [2.45, 2.75) is 282 Å². The van der Waals surface area contributed by atoms with E-state index in [-0.39, 0.29) is 10.00 Å². The van der Waals surface area contributed by atoms with Crippen molar-refractivity contribution in [3.05, 3.63) is 0 Å². The third-order valence-electron chi connectivity index (χ3n) is 11.0. The molecule has 1 atom stereocenters. The molecule has 0 aromatic carbocycles. The number of carbonyl (C=O) groups is 1. The lowest BCUT2D eigenvalue weighted by atomic mass is 9.88. The quantitative estimate of drug-likeness (QED) is 0.0647. The van der Waals surface area contributed by atoms with Crippen molar-refractivity contribution < 1.29 is 9.90 Å². The number of carboxylic acids is 1. The summed E-state index contributed by atoms with van der Waals surface area (Å²) >= 11 is 1.85. The van der Waals surface area contributed by atoms with Gasteiger partial charge >= 0.3 is 5.97 Å². The Hall–Kier alpha value is -0.180. The first-order valence-electron chi connectivity index (χ1n) is 22.4. The van der Waals surface area contributed by atoms with Gasteiger partial charge in [-0.3, -0.25) is 4.79 Å². The van der Waals surface area contributed by atoms with Crippen molar-refractivity contribution in [2.24, 2.45) is 0 Å². The van der Waals surface area contributed by atoms with E-state index < -0.39 is 5.97 Å². The van der Waals surface area contributed by atoms with Crippen molar-refractivity contribution in [1.82, 2.24) is 0 Å². The molecule has 0 heterocycles. The Morgan fingerprint density at radius 3 is 0.771 bits per heavy atom. The van der Waals surface area contributed by atoms with E-state index in [4.69, 9.17) is 0 Å². The van der Waals surface area contributed by atoms with E-state index in [2.05, 4.69) is 20.8 Å². The molecule has 0 radical (unpaired) electrons. The molecule has 1 N–H and O–H groups in total. The van der Waals surface area contributed by atoms with Gasteiger partial charge in [0.05, 0.1) is 5.25 Å². The van der Waals surface area contributed by atoms with Gasteiger partial charge in [0.2, 0.25) is 0 Å². The largest absolute Gasteiger partial charge is 0.480 e. The Labute approximate surface area is 308 Å². The van der Waals surface area contributed by atoms with Crippen LogP contribution in [0.3, 0.4) is 0 Å². The monoisotopic (exact) mass is 695 g/mol. The summed E-state index contributed by atoms with van der Waals surface area (Å²) < 4.78 is 0.161. The highest BCUT2D eigenvalue weighted by Gasteiger charge is 2.33. The number of thioether (sulfide) groups is 1. The molecular weight excluding hydrogens is 605 g/mol. The Kier molecular flexibility index (Phi) is 37.9. The highest BCUT2D eigenvalue weighted by molar-refractivity contribution is 8.01. The Balaban J connectivity index is 4.71. The third-order valence-corrected chi connectivity index (χ3v) is 12.6. The van der Waals surface area contributed by atoms with Crippen LogP contribution in [-0.2, 0) is 4.79 Å². The zero-order chi connectivity index (χ0) is 35.2. The van der Waals surface area contributed by atoms with Crippen LogP contribution in [0.2, 0.25) is 0 Å². The Morgan fingerprint density at radius 2 is 0.583 bits per heavy atom. The number of hydrogen-bond donors (Lipinski definition) is 1. The minimum Gasteiger partial charge on any atom is -0.480 e. The second kappa shape index (κ2) is 38.1. The second-order valence-electron chi connectivity index (χ2n) is 15.8. The average Bonchev–Trinajstić information content (AvgIpc) is 3.08. The number of rotatable bonds is 41. The highest BCUT2D eigenvalue weighted by atomic mass is 32.2. The molecule has 0 bridgehead atoms. The van der Waals surface area contributed by atoms with Crippen molar-refractivity contribution >= 4 is 17.7 Å². The summed E-state index contributed by atoms with van der Waals surface area (Å²) in [5, 5.41) is 9.63. The molecule has 0 spiro atoms. The molecule has 0 aliphatic heterocycles. The van der Waals surface area contributed by atoms with Crippen LogP contribution >= 0.6 is 11.8 Å². The second-order valence-corrected chi connectivity index (χ2v) is 17.7. The van der Waals surface area contributed by atoms with E-state index in [9.17, 15) is 9.90 Å². The number of carboxylic acid groups (broad SMARTS) is 1. The molecule has 1 unspecified atom stereocenters. The van der Waals surface area contributed by atoms with Gasteiger partial charge in [-0.05, 0) is 26.2 Å². The van der Waals surface area contributed by atoms with Gasteiger partial charge in [0.25, 0.3) is 0 Å². The summed E-state index contributed by atoms with van der Waals surface area (Å²) in [6.45, 7) is 8.85. The first kappa shape index (κ1) is 47.8. The summed E-state index contributed by atoms with van der Waals surface area (Å²) in [5.41, 5.74) is 0. The lowest BCUT2D eigenvalue weighted by Crippen LogP contribution is -2.30. The minimum atomic E-state index is -0.618. The first-order valence-corrected chi connectivity index (χ1v) is 23.3. The van der Waals surface area contributed by atoms with Crippen molar-refractivity contribution in [1.29, 1.82) is 0 Å². The molecule has 3 heteroatoms. The molecular formula is C45H90O2S. The van der Waals surface area contributed by atoms with Gasteiger partial charge < -0.3 is 5.11 Å². The van der Waals surface area contributed by atoms with Crippen molar-refractivity contribution in [3.63, 3.8) is 0 Å². The zero-order valence-electron chi connectivity index (χ0n) is 33.7. The zero-order valence-corrected chi connectivity index (χ0v) is 34.5. The molecule has 0 aliphatic carbocycles. The summed E-state index contributed by atoms with van der Waals surface area (Å²) in [4.78, 5) is 12.1. The molecule has 0 amide bonds. The molecule has 2 nitrogen and oxygen atoms in total. The maximum atomic E-state index is 12.1. The van der Waals surface area contributed by atoms with Crippen LogP contribution in [-0.4, -0.2) is 21.1 Å². The molecule has 0 aliphatic rings. The average molecular weight is 695 g/mol.